The lowest BCUT2D eigenvalue weighted by Crippen LogP contribution is -2.30. The van der Waals surface area contributed by atoms with Crippen LogP contribution in [0.25, 0.3) is 0 Å². The molecular formula is C9H10BrNOS. The number of thiophene rings is 1. The number of rotatable bonds is 1. The summed E-state index contributed by atoms with van der Waals surface area (Å²) in [6.07, 6.45) is 0. The van der Waals surface area contributed by atoms with Gasteiger partial charge in [0.2, 0.25) is 0 Å². The van der Waals surface area contributed by atoms with E-state index in [9.17, 15) is 4.79 Å². The largest absolute Gasteiger partial charge is 0.331 e. The van der Waals surface area contributed by atoms with E-state index in [-0.39, 0.29) is 5.91 Å². The molecule has 13 heavy (non-hydrogen) atoms. The summed E-state index contributed by atoms with van der Waals surface area (Å²) in [6.45, 7) is 4.86. The van der Waals surface area contributed by atoms with Crippen molar-refractivity contribution in [2.24, 2.45) is 0 Å². The zero-order chi connectivity index (χ0) is 9.59. The van der Waals surface area contributed by atoms with Crippen molar-refractivity contribution in [3.8, 4) is 0 Å². The van der Waals surface area contributed by atoms with E-state index in [1.165, 1.54) is 11.3 Å². The summed E-state index contributed by atoms with van der Waals surface area (Å²) >= 11 is 4.92. The first-order valence-corrected chi connectivity index (χ1v) is 5.79. The van der Waals surface area contributed by atoms with Crippen molar-refractivity contribution in [3.05, 3.63) is 20.3 Å². The molecular weight excluding hydrogens is 250 g/mol. The van der Waals surface area contributed by atoms with Crippen molar-refractivity contribution in [3.63, 3.8) is 0 Å². The molecule has 0 saturated heterocycles. The molecule has 70 valence electrons. The van der Waals surface area contributed by atoms with Crippen LogP contribution in [0.15, 0.2) is 9.85 Å². The van der Waals surface area contributed by atoms with Gasteiger partial charge in [-0.3, -0.25) is 4.79 Å². The standard InChI is InChI=1S/C9H10BrNOS/c1-5(2)11-4-6-3-7(10)13-8(6)9(11)12/h3,5H,4H2,1-2H3. The molecule has 1 aliphatic rings. The third-order valence-electron chi connectivity index (χ3n) is 2.20. The molecule has 2 rings (SSSR count). The summed E-state index contributed by atoms with van der Waals surface area (Å²) in [4.78, 5) is 14.6. The summed E-state index contributed by atoms with van der Waals surface area (Å²) in [7, 11) is 0. The lowest BCUT2D eigenvalue weighted by atomic mass is 10.3. The molecule has 0 aromatic carbocycles. The van der Waals surface area contributed by atoms with E-state index in [0.29, 0.717) is 6.04 Å². The third kappa shape index (κ3) is 1.42. The number of carbonyl (C=O) groups is 1. The Kier molecular flexibility index (Phi) is 2.20. The van der Waals surface area contributed by atoms with Gasteiger partial charge in [-0.1, -0.05) is 0 Å². The van der Waals surface area contributed by atoms with Crippen molar-refractivity contribution >= 4 is 33.2 Å². The Hall–Kier alpha value is -0.350. The number of hydrogen-bond donors (Lipinski definition) is 0. The van der Waals surface area contributed by atoms with E-state index in [4.69, 9.17) is 0 Å². The summed E-state index contributed by atoms with van der Waals surface area (Å²) in [5, 5.41) is 0. The van der Waals surface area contributed by atoms with Crippen LogP contribution in [0.4, 0.5) is 0 Å². The minimum absolute atomic E-state index is 0.181. The van der Waals surface area contributed by atoms with Crippen molar-refractivity contribution in [2.75, 3.05) is 0 Å². The summed E-state index contributed by atoms with van der Waals surface area (Å²) < 4.78 is 1.05. The number of amides is 1. The molecule has 0 bridgehead atoms. The highest BCUT2D eigenvalue weighted by molar-refractivity contribution is 9.11. The molecule has 0 saturated carbocycles. The van der Waals surface area contributed by atoms with E-state index in [1.54, 1.807) is 0 Å². The van der Waals surface area contributed by atoms with E-state index in [1.807, 2.05) is 24.8 Å². The average molecular weight is 260 g/mol. The zero-order valence-corrected chi connectivity index (χ0v) is 9.91. The zero-order valence-electron chi connectivity index (χ0n) is 7.50. The Morgan fingerprint density at radius 2 is 2.31 bits per heavy atom. The molecule has 0 aliphatic carbocycles. The summed E-state index contributed by atoms with van der Waals surface area (Å²) in [5.74, 6) is 0.181. The maximum Gasteiger partial charge on any atom is 0.264 e. The fraction of sp³-hybridized carbons (Fsp3) is 0.444. The van der Waals surface area contributed by atoms with Gasteiger partial charge in [0, 0.05) is 12.6 Å². The summed E-state index contributed by atoms with van der Waals surface area (Å²) in [5.41, 5.74) is 1.16. The van der Waals surface area contributed by atoms with Crippen molar-refractivity contribution in [1.29, 1.82) is 0 Å². The number of nitrogens with zero attached hydrogens (tertiary/aromatic N) is 1. The smallest absolute Gasteiger partial charge is 0.264 e. The van der Waals surface area contributed by atoms with Crippen LogP contribution in [0.3, 0.4) is 0 Å². The minimum atomic E-state index is 0.181. The van der Waals surface area contributed by atoms with Gasteiger partial charge in [0.1, 0.15) is 0 Å². The first kappa shape index (κ1) is 9.21. The number of halogens is 1. The van der Waals surface area contributed by atoms with E-state index >= 15 is 0 Å². The average Bonchev–Trinajstić information content (AvgIpc) is 2.51. The minimum Gasteiger partial charge on any atom is -0.331 e. The molecule has 2 heterocycles. The Balaban J connectivity index is 2.35. The normalized spacial score (nSPS) is 15.7. The first-order valence-electron chi connectivity index (χ1n) is 4.18. The molecule has 1 aromatic rings. The molecule has 0 fully saturated rings. The fourth-order valence-corrected chi connectivity index (χ4v) is 3.11. The van der Waals surface area contributed by atoms with Gasteiger partial charge >= 0.3 is 0 Å². The number of hydrogen-bond acceptors (Lipinski definition) is 2. The predicted octanol–water partition coefficient (Wildman–Crippen LogP) is 2.87. The van der Waals surface area contributed by atoms with Crippen LogP contribution in [-0.4, -0.2) is 16.8 Å². The van der Waals surface area contributed by atoms with E-state index in [2.05, 4.69) is 15.9 Å². The second-order valence-corrected chi connectivity index (χ2v) is 5.86. The highest BCUT2D eigenvalue weighted by atomic mass is 79.9. The quantitative estimate of drug-likeness (QED) is 0.760. The Labute approximate surface area is 89.7 Å². The van der Waals surface area contributed by atoms with Crippen LogP contribution in [0, 0.1) is 0 Å². The van der Waals surface area contributed by atoms with E-state index in [0.717, 1.165) is 20.8 Å². The lowest BCUT2D eigenvalue weighted by molar-refractivity contribution is 0.0734. The van der Waals surface area contributed by atoms with Gasteiger partial charge in [0.05, 0.1) is 8.66 Å². The van der Waals surface area contributed by atoms with Crippen LogP contribution in [-0.2, 0) is 6.54 Å². The monoisotopic (exact) mass is 259 g/mol. The molecule has 0 N–H and O–H groups in total. The van der Waals surface area contributed by atoms with Crippen molar-refractivity contribution < 1.29 is 4.79 Å². The van der Waals surface area contributed by atoms with Gasteiger partial charge in [0.15, 0.2) is 0 Å². The Morgan fingerprint density at radius 1 is 1.62 bits per heavy atom. The molecule has 0 radical (unpaired) electrons. The number of fused-ring (bicyclic) bond motifs is 1. The van der Waals surface area contributed by atoms with Crippen LogP contribution in [0.2, 0.25) is 0 Å². The van der Waals surface area contributed by atoms with Gasteiger partial charge < -0.3 is 4.90 Å². The Morgan fingerprint density at radius 3 is 2.85 bits per heavy atom. The van der Waals surface area contributed by atoms with Gasteiger partial charge in [-0.2, -0.15) is 0 Å². The molecule has 0 spiro atoms. The van der Waals surface area contributed by atoms with Gasteiger partial charge in [-0.15, -0.1) is 11.3 Å². The van der Waals surface area contributed by atoms with Crippen molar-refractivity contribution in [1.82, 2.24) is 4.90 Å². The Bertz CT molecular complexity index is 358. The van der Waals surface area contributed by atoms with Crippen LogP contribution >= 0.6 is 27.3 Å². The maximum absolute atomic E-state index is 11.8. The summed E-state index contributed by atoms with van der Waals surface area (Å²) in [6, 6.07) is 2.34. The first-order chi connectivity index (χ1) is 6.09. The third-order valence-corrected chi connectivity index (χ3v) is 3.87. The van der Waals surface area contributed by atoms with Gasteiger partial charge in [0.25, 0.3) is 5.91 Å². The molecule has 1 aromatic heterocycles. The molecule has 2 nitrogen and oxygen atoms in total. The maximum atomic E-state index is 11.8. The van der Waals surface area contributed by atoms with Gasteiger partial charge in [-0.25, -0.2) is 0 Å². The fourth-order valence-electron chi connectivity index (χ4n) is 1.50. The predicted molar refractivity (Wildman–Crippen MR) is 57.0 cm³/mol. The van der Waals surface area contributed by atoms with Crippen LogP contribution < -0.4 is 0 Å². The lowest BCUT2D eigenvalue weighted by Gasteiger charge is -2.19. The van der Waals surface area contributed by atoms with Gasteiger partial charge in [-0.05, 0) is 41.4 Å². The van der Waals surface area contributed by atoms with Crippen molar-refractivity contribution in [2.45, 2.75) is 26.4 Å². The van der Waals surface area contributed by atoms with Crippen LogP contribution in [0.5, 0.6) is 0 Å². The molecule has 4 heteroatoms. The molecule has 0 atom stereocenters. The highest BCUT2D eigenvalue weighted by Crippen LogP contribution is 2.34. The molecule has 0 unspecified atom stereocenters. The molecule has 1 amide bonds. The highest BCUT2D eigenvalue weighted by Gasteiger charge is 2.30. The molecule has 1 aliphatic heterocycles. The van der Waals surface area contributed by atoms with E-state index < -0.39 is 0 Å². The van der Waals surface area contributed by atoms with Crippen LogP contribution in [0.1, 0.15) is 29.1 Å². The number of carbonyl (C=O) groups excluding carboxylic acids is 1. The SMILES string of the molecule is CC(C)N1Cc2cc(Br)sc2C1=O. The topological polar surface area (TPSA) is 20.3 Å². The second kappa shape index (κ2) is 3.10. The second-order valence-electron chi connectivity index (χ2n) is 3.43.